The third kappa shape index (κ3) is 5.99. The van der Waals surface area contributed by atoms with E-state index in [2.05, 4.69) is 4.72 Å². The van der Waals surface area contributed by atoms with E-state index in [1.165, 1.54) is 6.92 Å². The number of nitrogens with zero attached hydrogens (tertiary/aromatic N) is 1. The van der Waals surface area contributed by atoms with Crippen LogP contribution in [0.4, 0.5) is 0 Å². The first-order valence-electron chi connectivity index (χ1n) is 5.70. The maximum Gasteiger partial charge on any atom is 0.219 e. The molecule has 1 aliphatic rings. The van der Waals surface area contributed by atoms with Gasteiger partial charge in [0, 0.05) is 33.2 Å². The van der Waals surface area contributed by atoms with Gasteiger partial charge >= 0.3 is 0 Å². The van der Waals surface area contributed by atoms with Gasteiger partial charge in [-0.1, -0.05) is 0 Å². The van der Waals surface area contributed by atoms with Crippen molar-refractivity contribution >= 4 is 15.9 Å². The minimum atomic E-state index is -3.19. The molecule has 1 heterocycles. The molecule has 1 unspecified atom stereocenters. The molecule has 1 aliphatic heterocycles. The van der Waals surface area contributed by atoms with E-state index in [1.54, 1.807) is 4.90 Å². The first-order chi connectivity index (χ1) is 7.88. The fraction of sp³-hybridized carbons (Fsp3) is 0.900. The Balaban J connectivity index is 2.35. The van der Waals surface area contributed by atoms with Crippen molar-refractivity contribution in [2.24, 2.45) is 0 Å². The summed E-state index contributed by atoms with van der Waals surface area (Å²) in [5.41, 5.74) is 0. The molecular weight excluding hydrogens is 244 g/mol. The molecule has 0 radical (unpaired) electrons. The molecule has 0 saturated carbocycles. The molecule has 100 valence electrons. The molecule has 1 N–H and O–H groups in total. The van der Waals surface area contributed by atoms with Gasteiger partial charge in [-0.3, -0.25) is 4.79 Å². The molecule has 1 saturated heterocycles. The summed E-state index contributed by atoms with van der Waals surface area (Å²) in [4.78, 5) is 13.0. The molecule has 0 aromatic carbocycles. The summed E-state index contributed by atoms with van der Waals surface area (Å²) >= 11 is 0. The molecule has 0 bridgehead atoms. The van der Waals surface area contributed by atoms with Crippen LogP contribution in [0.2, 0.25) is 0 Å². The highest BCUT2D eigenvalue weighted by Crippen LogP contribution is 2.13. The van der Waals surface area contributed by atoms with Gasteiger partial charge in [-0.2, -0.15) is 0 Å². The SMILES string of the molecule is CC(=O)N(CCNS(C)(=O)=O)CC1CCCO1. The Morgan fingerprint density at radius 3 is 2.71 bits per heavy atom. The van der Waals surface area contributed by atoms with E-state index in [9.17, 15) is 13.2 Å². The van der Waals surface area contributed by atoms with Gasteiger partial charge in [0.15, 0.2) is 0 Å². The average molecular weight is 264 g/mol. The third-order valence-corrected chi connectivity index (χ3v) is 3.37. The molecule has 17 heavy (non-hydrogen) atoms. The third-order valence-electron chi connectivity index (χ3n) is 2.64. The van der Waals surface area contributed by atoms with E-state index in [0.29, 0.717) is 13.1 Å². The highest BCUT2D eigenvalue weighted by Gasteiger charge is 2.20. The zero-order chi connectivity index (χ0) is 12.9. The summed E-state index contributed by atoms with van der Waals surface area (Å²) in [6.45, 7) is 3.39. The summed E-state index contributed by atoms with van der Waals surface area (Å²) in [6.07, 6.45) is 3.18. The normalized spacial score (nSPS) is 20.5. The zero-order valence-corrected chi connectivity index (χ0v) is 11.1. The van der Waals surface area contributed by atoms with E-state index < -0.39 is 10.0 Å². The number of hydrogen-bond donors (Lipinski definition) is 1. The molecule has 1 rings (SSSR count). The second kappa shape index (κ2) is 6.32. The first kappa shape index (κ1) is 14.4. The molecule has 1 amide bonds. The fourth-order valence-electron chi connectivity index (χ4n) is 1.78. The largest absolute Gasteiger partial charge is 0.376 e. The number of rotatable bonds is 6. The van der Waals surface area contributed by atoms with Crippen molar-refractivity contribution in [3.63, 3.8) is 0 Å². The molecule has 7 heteroatoms. The summed E-state index contributed by atoms with van der Waals surface area (Å²) < 4.78 is 29.6. The molecule has 0 spiro atoms. The lowest BCUT2D eigenvalue weighted by Gasteiger charge is -2.24. The van der Waals surface area contributed by atoms with Crippen LogP contribution in [0.3, 0.4) is 0 Å². The van der Waals surface area contributed by atoms with Crippen molar-refractivity contribution in [1.82, 2.24) is 9.62 Å². The predicted molar refractivity (Wildman–Crippen MR) is 64.1 cm³/mol. The van der Waals surface area contributed by atoms with Crippen LogP contribution in [-0.2, 0) is 19.6 Å². The number of hydrogen-bond acceptors (Lipinski definition) is 4. The van der Waals surface area contributed by atoms with Crippen LogP contribution in [0.5, 0.6) is 0 Å². The number of amides is 1. The minimum Gasteiger partial charge on any atom is -0.376 e. The van der Waals surface area contributed by atoms with E-state index in [-0.39, 0.29) is 18.6 Å². The molecule has 0 aromatic rings. The number of carbonyl (C=O) groups excluding carboxylic acids is 1. The van der Waals surface area contributed by atoms with Crippen molar-refractivity contribution < 1.29 is 17.9 Å². The van der Waals surface area contributed by atoms with Gasteiger partial charge < -0.3 is 9.64 Å². The topological polar surface area (TPSA) is 75.7 Å². The van der Waals surface area contributed by atoms with Crippen LogP contribution < -0.4 is 4.72 Å². The lowest BCUT2D eigenvalue weighted by molar-refractivity contribution is -0.130. The van der Waals surface area contributed by atoms with Crippen LogP contribution in [-0.4, -0.2) is 57.8 Å². The Labute approximate surface area is 102 Å². The lowest BCUT2D eigenvalue weighted by atomic mass is 10.2. The Hall–Kier alpha value is -0.660. The Morgan fingerprint density at radius 2 is 2.24 bits per heavy atom. The Kier molecular flexibility index (Phi) is 5.35. The van der Waals surface area contributed by atoms with E-state index in [4.69, 9.17) is 4.74 Å². The van der Waals surface area contributed by atoms with Crippen LogP contribution in [0.1, 0.15) is 19.8 Å². The first-order valence-corrected chi connectivity index (χ1v) is 7.59. The predicted octanol–water partition coefficient (Wildman–Crippen LogP) is -0.437. The van der Waals surface area contributed by atoms with Crippen molar-refractivity contribution in [3.05, 3.63) is 0 Å². The van der Waals surface area contributed by atoms with Crippen molar-refractivity contribution in [2.75, 3.05) is 32.5 Å². The van der Waals surface area contributed by atoms with Gasteiger partial charge in [-0.15, -0.1) is 0 Å². The lowest BCUT2D eigenvalue weighted by Crippen LogP contribution is -2.41. The van der Waals surface area contributed by atoms with Crippen molar-refractivity contribution in [1.29, 1.82) is 0 Å². The van der Waals surface area contributed by atoms with Gasteiger partial charge in [-0.05, 0) is 12.8 Å². The standard InChI is InChI=1S/C10H20N2O4S/c1-9(13)12(6-5-11-17(2,14)15)8-10-4-3-7-16-10/h10-11H,3-8H2,1-2H3. The Morgan fingerprint density at radius 1 is 1.53 bits per heavy atom. The van der Waals surface area contributed by atoms with Crippen LogP contribution in [0, 0.1) is 0 Å². The number of sulfonamides is 1. The summed E-state index contributed by atoms with van der Waals surface area (Å²) in [6, 6.07) is 0. The highest BCUT2D eigenvalue weighted by molar-refractivity contribution is 7.88. The van der Waals surface area contributed by atoms with Gasteiger partial charge in [0.05, 0.1) is 12.4 Å². The van der Waals surface area contributed by atoms with Gasteiger partial charge in [0.25, 0.3) is 0 Å². The number of ether oxygens (including phenoxy) is 1. The van der Waals surface area contributed by atoms with E-state index >= 15 is 0 Å². The van der Waals surface area contributed by atoms with Gasteiger partial charge in [-0.25, -0.2) is 13.1 Å². The second-order valence-electron chi connectivity index (χ2n) is 4.27. The maximum absolute atomic E-state index is 11.4. The highest BCUT2D eigenvalue weighted by atomic mass is 32.2. The summed E-state index contributed by atoms with van der Waals surface area (Å²) in [5.74, 6) is -0.0594. The molecule has 0 aromatic heterocycles. The van der Waals surface area contributed by atoms with Crippen LogP contribution >= 0.6 is 0 Å². The van der Waals surface area contributed by atoms with E-state index in [1.807, 2.05) is 0 Å². The quantitative estimate of drug-likeness (QED) is 0.706. The van der Waals surface area contributed by atoms with Crippen LogP contribution in [0.25, 0.3) is 0 Å². The maximum atomic E-state index is 11.4. The van der Waals surface area contributed by atoms with E-state index in [0.717, 1.165) is 25.7 Å². The van der Waals surface area contributed by atoms with Gasteiger partial charge in [0.2, 0.25) is 15.9 Å². The van der Waals surface area contributed by atoms with Crippen molar-refractivity contribution in [2.45, 2.75) is 25.9 Å². The zero-order valence-electron chi connectivity index (χ0n) is 10.3. The van der Waals surface area contributed by atoms with Gasteiger partial charge in [0.1, 0.15) is 0 Å². The average Bonchev–Trinajstić information content (AvgIpc) is 2.66. The van der Waals surface area contributed by atoms with Crippen LogP contribution in [0.15, 0.2) is 0 Å². The monoisotopic (exact) mass is 264 g/mol. The molecule has 0 aliphatic carbocycles. The molecule has 1 atom stereocenters. The minimum absolute atomic E-state index is 0.0594. The summed E-state index contributed by atoms with van der Waals surface area (Å²) in [7, 11) is -3.19. The number of carbonyl (C=O) groups is 1. The molecule has 1 fully saturated rings. The Bertz CT molecular complexity index is 349. The summed E-state index contributed by atoms with van der Waals surface area (Å²) in [5, 5.41) is 0. The fourth-order valence-corrected chi connectivity index (χ4v) is 2.24. The molecule has 6 nitrogen and oxygen atoms in total. The number of nitrogens with one attached hydrogen (secondary N) is 1. The second-order valence-corrected chi connectivity index (χ2v) is 6.10. The smallest absolute Gasteiger partial charge is 0.219 e. The van der Waals surface area contributed by atoms with Crippen molar-refractivity contribution in [3.8, 4) is 0 Å². The molecular formula is C10H20N2O4S.